The van der Waals surface area contributed by atoms with Crippen LogP contribution in [0, 0.1) is 6.92 Å². The van der Waals surface area contributed by atoms with Crippen LogP contribution in [-0.2, 0) is 36.8 Å². The van der Waals surface area contributed by atoms with Crippen molar-refractivity contribution in [3.8, 4) is 5.75 Å². The number of methoxy groups -OCH3 is 2. The second-order valence-corrected chi connectivity index (χ2v) is 10.7. The Balaban J connectivity index is 1.83. The first kappa shape index (κ1) is 32.4. The summed E-state index contributed by atoms with van der Waals surface area (Å²) in [6.45, 7) is 7.06. The summed E-state index contributed by atoms with van der Waals surface area (Å²) in [5, 5.41) is 7.69. The molecule has 1 atom stereocenters. The second-order valence-electron chi connectivity index (χ2n) is 10.7. The van der Waals surface area contributed by atoms with Crippen LogP contribution in [0.2, 0.25) is 0 Å². The number of hydrogen-bond donors (Lipinski definition) is 3. The maximum absolute atomic E-state index is 13.5. The zero-order chi connectivity index (χ0) is 31.7. The van der Waals surface area contributed by atoms with E-state index in [0.29, 0.717) is 22.6 Å². The molecule has 0 unspecified atom stereocenters. The highest BCUT2D eigenvalue weighted by atomic mass is 16.6. The Morgan fingerprint density at radius 2 is 1.51 bits per heavy atom. The Hall–Kier alpha value is -5.13. The first-order chi connectivity index (χ1) is 20.3. The van der Waals surface area contributed by atoms with Gasteiger partial charge in [0.15, 0.2) is 0 Å². The third-order valence-electron chi connectivity index (χ3n) is 6.16. The molecule has 1 heterocycles. The van der Waals surface area contributed by atoms with E-state index in [-0.39, 0.29) is 18.7 Å². The standard InChI is InChI=1S/C31H36N4O8/c1-19-15-16-35(18-21-9-13-23(41-5)14-10-21)28(38)25(19)34-26(36)24(33-30(40)43-31(2,3)4)17-20-7-11-22(12-8-20)32-27(37)29(39)42-6/h7-16,24H,17-18H2,1-6H3,(H,32,37)(H,33,40)(H,34,36)/t24-/m0/s1. The summed E-state index contributed by atoms with van der Waals surface area (Å²) < 4.78 is 16.4. The van der Waals surface area contributed by atoms with Crippen molar-refractivity contribution in [2.45, 2.75) is 52.3 Å². The van der Waals surface area contributed by atoms with Crippen molar-refractivity contribution in [2.24, 2.45) is 0 Å². The number of aryl methyl sites for hydroxylation is 1. The number of nitrogens with zero attached hydrogens (tertiary/aromatic N) is 1. The lowest BCUT2D eigenvalue weighted by molar-refractivity contribution is -0.150. The number of amides is 3. The number of carbonyl (C=O) groups excluding carboxylic acids is 4. The van der Waals surface area contributed by atoms with Gasteiger partial charge in [0.1, 0.15) is 23.1 Å². The van der Waals surface area contributed by atoms with E-state index >= 15 is 0 Å². The molecule has 3 rings (SSSR count). The minimum Gasteiger partial charge on any atom is -0.497 e. The van der Waals surface area contributed by atoms with Crippen molar-refractivity contribution >= 4 is 35.3 Å². The van der Waals surface area contributed by atoms with E-state index in [0.717, 1.165) is 12.7 Å². The molecule has 12 heteroatoms. The number of rotatable bonds is 9. The Labute approximate surface area is 249 Å². The molecule has 0 radical (unpaired) electrons. The average Bonchev–Trinajstić information content (AvgIpc) is 2.96. The average molecular weight is 593 g/mol. The second kappa shape index (κ2) is 14.2. The summed E-state index contributed by atoms with van der Waals surface area (Å²) >= 11 is 0. The van der Waals surface area contributed by atoms with Gasteiger partial charge in [0, 0.05) is 18.3 Å². The van der Waals surface area contributed by atoms with Gasteiger partial charge in [-0.25, -0.2) is 9.59 Å². The van der Waals surface area contributed by atoms with E-state index in [9.17, 15) is 24.0 Å². The van der Waals surface area contributed by atoms with E-state index in [1.165, 1.54) is 16.7 Å². The van der Waals surface area contributed by atoms with Crippen LogP contribution in [0.5, 0.6) is 5.75 Å². The zero-order valence-electron chi connectivity index (χ0n) is 25.0. The molecule has 0 saturated heterocycles. The lowest BCUT2D eigenvalue weighted by Crippen LogP contribution is -2.47. The molecule has 2 aromatic carbocycles. The van der Waals surface area contributed by atoms with Gasteiger partial charge in [-0.15, -0.1) is 0 Å². The van der Waals surface area contributed by atoms with E-state index in [4.69, 9.17) is 9.47 Å². The van der Waals surface area contributed by atoms with Gasteiger partial charge in [0.05, 0.1) is 20.8 Å². The van der Waals surface area contributed by atoms with Crippen molar-refractivity contribution < 1.29 is 33.4 Å². The summed E-state index contributed by atoms with van der Waals surface area (Å²) in [4.78, 5) is 62.7. The molecule has 0 aliphatic rings. The molecule has 228 valence electrons. The van der Waals surface area contributed by atoms with Gasteiger partial charge in [-0.2, -0.15) is 0 Å². The third kappa shape index (κ3) is 9.45. The molecule has 0 aliphatic carbocycles. The highest BCUT2D eigenvalue weighted by Gasteiger charge is 2.26. The van der Waals surface area contributed by atoms with Crippen LogP contribution in [0.25, 0.3) is 0 Å². The minimum absolute atomic E-state index is 0.0300. The molecule has 0 bridgehead atoms. The SMILES string of the molecule is COC(=O)C(=O)Nc1ccc(C[C@H](NC(=O)OC(C)(C)C)C(=O)Nc2c(C)ccn(Cc3ccc(OC)cc3)c2=O)cc1. The fraction of sp³-hybridized carbons (Fsp3) is 0.323. The lowest BCUT2D eigenvalue weighted by Gasteiger charge is -2.24. The summed E-state index contributed by atoms with van der Waals surface area (Å²) in [6.07, 6.45) is 0.868. The van der Waals surface area contributed by atoms with Crippen LogP contribution >= 0.6 is 0 Å². The maximum Gasteiger partial charge on any atom is 0.408 e. The molecule has 3 amide bonds. The van der Waals surface area contributed by atoms with E-state index < -0.39 is 41.1 Å². The van der Waals surface area contributed by atoms with Gasteiger partial charge in [-0.1, -0.05) is 24.3 Å². The van der Waals surface area contributed by atoms with Gasteiger partial charge in [-0.3, -0.25) is 14.4 Å². The molecule has 0 saturated carbocycles. The summed E-state index contributed by atoms with van der Waals surface area (Å²) in [7, 11) is 2.67. The molecule has 3 N–H and O–H groups in total. The van der Waals surface area contributed by atoms with Crippen molar-refractivity contribution in [1.29, 1.82) is 0 Å². The van der Waals surface area contributed by atoms with Gasteiger partial charge in [0.25, 0.3) is 5.56 Å². The number of pyridine rings is 1. The molecular formula is C31H36N4O8. The molecule has 43 heavy (non-hydrogen) atoms. The van der Waals surface area contributed by atoms with Crippen LogP contribution in [0.15, 0.2) is 65.6 Å². The van der Waals surface area contributed by atoms with Crippen molar-refractivity contribution in [3.63, 3.8) is 0 Å². The number of benzene rings is 2. The molecule has 0 fully saturated rings. The number of carbonyl (C=O) groups is 4. The molecular weight excluding hydrogens is 556 g/mol. The summed E-state index contributed by atoms with van der Waals surface area (Å²) in [5.41, 5.74) is 1.22. The van der Waals surface area contributed by atoms with Crippen molar-refractivity contribution in [2.75, 3.05) is 24.9 Å². The summed E-state index contributed by atoms with van der Waals surface area (Å²) in [5.74, 6) is -1.91. The number of alkyl carbamates (subject to hydrolysis) is 1. The fourth-order valence-electron chi connectivity index (χ4n) is 3.97. The number of esters is 1. The number of aromatic nitrogens is 1. The summed E-state index contributed by atoms with van der Waals surface area (Å²) in [6, 6.07) is 14.2. The third-order valence-corrected chi connectivity index (χ3v) is 6.16. The molecule has 0 aliphatic heterocycles. The lowest BCUT2D eigenvalue weighted by atomic mass is 10.0. The predicted molar refractivity (Wildman–Crippen MR) is 160 cm³/mol. The Morgan fingerprint density at radius 3 is 2.09 bits per heavy atom. The fourth-order valence-corrected chi connectivity index (χ4v) is 3.97. The van der Waals surface area contributed by atoms with Crippen LogP contribution in [-0.4, -0.2) is 54.3 Å². The first-order valence-corrected chi connectivity index (χ1v) is 13.4. The monoisotopic (exact) mass is 592 g/mol. The number of nitrogens with one attached hydrogen (secondary N) is 3. The van der Waals surface area contributed by atoms with Crippen LogP contribution in [0.4, 0.5) is 16.2 Å². The van der Waals surface area contributed by atoms with E-state index in [2.05, 4.69) is 20.7 Å². The smallest absolute Gasteiger partial charge is 0.408 e. The number of anilines is 2. The topological polar surface area (TPSA) is 154 Å². The van der Waals surface area contributed by atoms with Gasteiger partial charge < -0.3 is 34.7 Å². The zero-order valence-corrected chi connectivity index (χ0v) is 25.0. The maximum atomic E-state index is 13.5. The Morgan fingerprint density at radius 1 is 0.884 bits per heavy atom. The Kier molecular flexibility index (Phi) is 10.7. The minimum atomic E-state index is -1.13. The molecule has 1 aromatic heterocycles. The first-order valence-electron chi connectivity index (χ1n) is 13.4. The highest BCUT2D eigenvalue weighted by molar-refractivity contribution is 6.37. The predicted octanol–water partition coefficient (Wildman–Crippen LogP) is 3.40. The molecule has 12 nitrogen and oxygen atoms in total. The van der Waals surface area contributed by atoms with Gasteiger partial charge in [-0.05, 0) is 74.7 Å². The largest absolute Gasteiger partial charge is 0.497 e. The normalized spacial score (nSPS) is 11.6. The van der Waals surface area contributed by atoms with E-state index in [1.54, 1.807) is 71.3 Å². The Bertz CT molecular complexity index is 1520. The quantitative estimate of drug-likeness (QED) is 0.252. The van der Waals surface area contributed by atoms with E-state index in [1.807, 2.05) is 12.1 Å². The van der Waals surface area contributed by atoms with Gasteiger partial charge in [0.2, 0.25) is 5.91 Å². The molecule has 3 aromatic rings. The van der Waals surface area contributed by atoms with Crippen LogP contribution in [0.1, 0.15) is 37.5 Å². The number of hydrogen-bond acceptors (Lipinski definition) is 8. The highest BCUT2D eigenvalue weighted by Crippen LogP contribution is 2.16. The van der Waals surface area contributed by atoms with Crippen molar-refractivity contribution in [3.05, 3.63) is 87.8 Å². The molecule has 0 spiro atoms. The van der Waals surface area contributed by atoms with Crippen molar-refractivity contribution in [1.82, 2.24) is 9.88 Å². The van der Waals surface area contributed by atoms with Crippen LogP contribution in [0.3, 0.4) is 0 Å². The van der Waals surface area contributed by atoms with Gasteiger partial charge >= 0.3 is 18.0 Å². The number of ether oxygens (including phenoxy) is 3. The van der Waals surface area contributed by atoms with Crippen LogP contribution < -0.4 is 26.2 Å².